The summed E-state index contributed by atoms with van der Waals surface area (Å²) in [5, 5.41) is 2.76. The lowest BCUT2D eigenvalue weighted by molar-refractivity contribution is -0.118. The number of amides is 1. The Kier molecular flexibility index (Phi) is 6.39. The minimum atomic E-state index is -3.82. The molecule has 0 bridgehead atoms. The maximum Gasteiger partial charge on any atom is 0.246 e. The van der Waals surface area contributed by atoms with Gasteiger partial charge in [-0.2, -0.15) is 4.31 Å². The lowest BCUT2D eigenvalue weighted by Crippen LogP contribution is -2.56. The molecule has 6 nitrogen and oxygen atoms in total. The number of anilines is 1. The highest BCUT2D eigenvalue weighted by Crippen LogP contribution is 2.34. The molecule has 1 aliphatic rings. The summed E-state index contributed by atoms with van der Waals surface area (Å²) in [4.78, 5) is 13.0. The number of hydrogen-bond donors (Lipinski definition) is 1. The van der Waals surface area contributed by atoms with Gasteiger partial charge in [0.05, 0.1) is 0 Å². The number of rotatable bonds is 7. The molecule has 1 saturated heterocycles. The normalized spacial score (nSPS) is 21.3. The van der Waals surface area contributed by atoms with E-state index in [0.717, 1.165) is 5.56 Å². The topological polar surface area (TPSA) is 75.7 Å². The first kappa shape index (κ1) is 21.1. The fraction of sp³-hybridized carbons (Fsp3) is 0.318. The molecule has 1 amide bonds. The molecule has 29 heavy (non-hydrogen) atoms. The summed E-state index contributed by atoms with van der Waals surface area (Å²) in [6.45, 7) is 6.17. The summed E-state index contributed by atoms with van der Waals surface area (Å²) in [5.41, 5.74) is 1.42. The summed E-state index contributed by atoms with van der Waals surface area (Å²) >= 11 is 0. The molecule has 1 aliphatic heterocycles. The largest absolute Gasteiger partial charge is 0.490 e. The number of carbonyl (C=O) groups is 1. The number of nitrogens with one attached hydrogen (secondary N) is 1. The van der Waals surface area contributed by atoms with Crippen LogP contribution in [0.1, 0.15) is 25.3 Å². The van der Waals surface area contributed by atoms with E-state index in [1.54, 1.807) is 30.3 Å². The van der Waals surface area contributed by atoms with Gasteiger partial charge in [0.15, 0.2) is 4.75 Å². The zero-order chi connectivity index (χ0) is 20.9. The number of benzene rings is 2. The van der Waals surface area contributed by atoms with Crippen molar-refractivity contribution in [3.63, 3.8) is 0 Å². The molecule has 1 heterocycles. The highest BCUT2D eigenvalue weighted by Gasteiger charge is 2.51. The smallest absolute Gasteiger partial charge is 0.246 e. The zero-order valence-electron chi connectivity index (χ0n) is 16.5. The number of hydrogen-bond acceptors (Lipinski definition) is 4. The SMILES string of the molecule is C=CCOc1ccc(NC(=O)[C@@]2(C)CCCN(Cc3ccccc3)S2(=O)=O)cc1. The van der Waals surface area contributed by atoms with E-state index in [0.29, 0.717) is 31.0 Å². The van der Waals surface area contributed by atoms with Gasteiger partial charge in [-0.15, -0.1) is 0 Å². The molecule has 0 unspecified atom stereocenters. The van der Waals surface area contributed by atoms with Gasteiger partial charge in [-0.1, -0.05) is 43.0 Å². The lowest BCUT2D eigenvalue weighted by Gasteiger charge is -2.38. The molecular formula is C22H26N2O4S. The molecule has 3 rings (SSSR count). The van der Waals surface area contributed by atoms with E-state index in [9.17, 15) is 13.2 Å². The molecule has 1 atom stereocenters. The maximum atomic E-state index is 13.3. The van der Waals surface area contributed by atoms with E-state index >= 15 is 0 Å². The Morgan fingerprint density at radius 3 is 2.55 bits per heavy atom. The Labute approximate surface area is 172 Å². The average molecular weight is 415 g/mol. The Hall–Kier alpha value is -2.64. The number of sulfonamides is 1. The van der Waals surface area contributed by atoms with E-state index in [-0.39, 0.29) is 13.0 Å². The van der Waals surface area contributed by atoms with Crippen molar-refractivity contribution in [3.8, 4) is 5.75 Å². The van der Waals surface area contributed by atoms with Crippen molar-refractivity contribution in [1.82, 2.24) is 4.31 Å². The molecule has 2 aromatic rings. The van der Waals surface area contributed by atoms with E-state index in [2.05, 4.69) is 11.9 Å². The quantitative estimate of drug-likeness (QED) is 0.703. The molecule has 0 radical (unpaired) electrons. The third-order valence-electron chi connectivity index (χ3n) is 5.13. The fourth-order valence-corrected chi connectivity index (χ4v) is 5.31. The zero-order valence-corrected chi connectivity index (χ0v) is 17.3. The van der Waals surface area contributed by atoms with Crippen LogP contribution >= 0.6 is 0 Å². The van der Waals surface area contributed by atoms with E-state index in [1.807, 2.05) is 30.3 Å². The van der Waals surface area contributed by atoms with Crippen molar-refractivity contribution in [1.29, 1.82) is 0 Å². The maximum absolute atomic E-state index is 13.3. The van der Waals surface area contributed by atoms with Gasteiger partial charge in [-0.3, -0.25) is 4.79 Å². The standard InChI is InChI=1S/C22H26N2O4S/c1-3-16-28-20-12-10-19(11-13-20)23-21(25)22(2)14-7-15-24(29(22,26)27)17-18-8-5-4-6-9-18/h3-6,8-13H,1,7,14-17H2,2H3,(H,23,25)/t22-/m1/s1. The number of ether oxygens (including phenoxy) is 1. The Morgan fingerprint density at radius 1 is 1.21 bits per heavy atom. The van der Waals surface area contributed by atoms with Crippen molar-refractivity contribution in [2.24, 2.45) is 0 Å². The van der Waals surface area contributed by atoms with E-state index in [1.165, 1.54) is 11.2 Å². The van der Waals surface area contributed by atoms with Gasteiger partial charge < -0.3 is 10.1 Å². The van der Waals surface area contributed by atoms with Crippen LogP contribution in [-0.4, -0.2) is 36.5 Å². The van der Waals surface area contributed by atoms with Crippen LogP contribution in [0.4, 0.5) is 5.69 Å². The summed E-state index contributed by atoms with van der Waals surface area (Å²) < 4.78 is 31.9. The van der Waals surface area contributed by atoms with Gasteiger partial charge in [0.25, 0.3) is 0 Å². The van der Waals surface area contributed by atoms with E-state index in [4.69, 9.17) is 4.74 Å². The van der Waals surface area contributed by atoms with Gasteiger partial charge in [0, 0.05) is 18.8 Å². The Balaban J connectivity index is 1.75. The summed E-state index contributed by atoms with van der Waals surface area (Å²) in [6, 6.07) is 16.2. The number of nitrogens with zero attached hydrogens (tertiary/aromatic N) is 1. The third kappa shape index (κ3) is 4.52. The molecule has 1 N–H and O–H groups in total. The van der Waals surface area contributed by atoms with Crippen molar-refractivity contribution < 1.29 is 17.9 Å². The summed E-state index contributed by atoms with van der Waals surface area (Å²) in [5.74, 6) is 0.128. The molecule has 0 spiro atoms. The minimum Gasteiger partial charge on any atom is -0.490 e. The molecule has 154 valence electrons. The highest BCUT2D eigenvalue weighted by atomic mass is 32.2. The van der Waals surface area contributed by atoms with Crippen molar-refractivity contribution in [2.75, 3.05) is 18.5 Å². The predicted molar refractivity (Wildman–Crippen MR) is 114 cm³/mol. The third-order valence-corrected chi connectivity index (χ3v) is 7.65. The molecule has 2 aromatic carbocycles. The molecule has 0 aliphatic carbocycles. The second kappa shape index (κ2) is 8.80. The van der Waals surface area contributed by atoms with Crippen LogP contribution in [0.5, 0.6) is 5.75 Å². The highest BCUT2D eigenvalue weighted by molar-refractivity contribution is 7.91. The summed E-state index contributed by atoms with van der Waals surface area (Å²) in [6.07, 6.45) is 2.56. The molecule has 1 fully saturated rings. The number of carbonyl (C=O) groups excluding carboxylic acids is 1. The monoisotopic (exact) mass is 414 g/mol. The first-order valence-corrected chi connectivity index (χ1v) is 11.0. The first-order chi connectivity index (χ1) is 13.9. The summed E-state index contributed by atoms with van der Waals surface area (Å²) in [7, 11) is -3.82. The van der Waals surface area contributed by atoms with Crippen LogP contribution in [0.2, 0.25) is 0 Å². The van der Waals surface area contributed by atoms with Crippen LogP contribution in [-0.2, 0) is 21.4 Å². The Morgan fingerprint density at radius 2 is 1.90 bits per heavy atom. The lowest BCUT2D eigenvalue weighted by atomic mass is 10.0. The van der Waals surface area contributed by atoms with Crippen molar-refractivity contribution >= 4 is 21.6 Å². The van der Waals surface area contributed by atoms with Gasteiger partial charge in [0.2, 0.25) is 15.9 Å². The fourth-order valence-electron chi connectivity index (χ4n) is 3.36. The van der Waals surface area contributed by atoms with Crippen LogP contribution in [0.25, 0.3) is 0 Å². The van der Waals surface area contributed by atoms with Gasteiger partial charge >= 0.3 is 0 Å². The minimum absolute atomic E-state index is 0.265. The average Bonchev–Trinajstić information content (AvgIpc) is 2.72. The van der Waals surface area contributed by atoms with Gasteiger partial charge in [-0.05, 0) is 49.6 Å². The second-order valence-electron chi connectivity index (χ2n) is 7.24. The van der Waals surface area contributed by atoms with Crippen LogP contribution < -0.4 is 10.1 Å². The first-order valence-electron chi connectivity index (χ1n) is 9.56. The molecule has 0 saturated carbocycles. The molecule has 7 heteroatoms. The van der Waals surface area contributed by atoms with E-state index < -0.39 is 20.7 Å². The molecular weight excluding hydrogens is 388 g/mol. The second-order valence-corrected chi connectivity index (χ2v) is 9.60. The van der Waals surface area contributed by atoms with Crippen molar-refractivity contribution in [2.45, 2.75) is 31.1 Å². The van der Waals surface area contributed by atoms with Crippen LogP contribution in [0.3, 0.4) is 0 Å². The van der Waals surface area contributed by atoms with Crippen molar-refractivity contribution in [3.05, 3.63) is 72.8 Å². The Bertz CT molecular complexity index is 958. The van der Waals surface area contributed by atoms with Crippen LogP contribution in [0, 0.1) is 0 Å². The van der Waals surface area contributed by atoms with Crippen LogP contribution in [0.15, 0.2) is 67.3 Å². The van der Waals surface area contributed by atoms with Gasteiger partial charge in [0.1, 0.15) is 12.4 Å². The van der Waals surface area contributed by atoms with Gasteiger partial charge in [-0.25, -0.2) is 8.42 Å². The molecule has 0 aromatic heterocycles. The predicted octanol–water partition coefficient (Wildman–Crippen LogP) is 3.57.